The molecular formula is C10H6BrFN2. The summed E-state index contributed by atoms with van der Waals surface area (Å²) >= 11 is 3.20. The Kier molecular flexibility index (Phi) is 2.54. The zero-order valence-corrected chi connectivity index (χ0v) is 8.70. The summed E-state index contributed by atoms with van der Waals surface area (Å²) in [6.07, 6.45) is 0. The molecule has 14 heavy (non-hydrogen) atoms. The Labute approximate surface area is 88.9 Å². The van der Waals surface area contributed by atoms with Crippen molar-refractivity contribution in [1.82, 2.24) is 10.2 Å². The second kappa shape index (κ2) is 3.84. The van der Waals surface area contributed by atoms with E-state index in [9.17, 15) is 4.39 Å². The van der Waals surface area contributed by atoms with Gasteiger partial charge in [0, 0.05) is 5.56 Å². The summed E-state index contributed by atoms with van der Waals surface area (Å²) in [5.74, 6) is -0.251. The van der Waals surface area contributed by atoms with Gasteiger partial charge in [-0.25, -0.2) is 4.39 Å². The highest BCUT2D eigenvalue weighted by Crippen LogP contribution is 2.17. The molecule has 1 aromatic heterocycles. The Bertz CT molecular complexity index is 381. The van der Waals surface area contributed by atoms with Gasteiger partial charge in [0.25, 0.3) is 0 Å². The van der Waals surface area contributed by atoms with Crippen LogP contribution in [0.2, 0.25) is 0 Å². The lowest BCUT2D eigenvalue weighted by Crippen LogP contribution is -1.87. The number of hydrogen-bond donors (Lipinski definition) is 0. The summed E-state index contributed by atoms with van der Waals surface area (Å²) in [7, 11) is 0. The molecule has 1 aromatic carbocycles. The van der Waals surface area contributed by atoms with Crippen LogP contribution in [0.3, 0.4) is 0 Å². The zero-order chi connectivity index (χ0) is 9.97. The predicted octanol–water partition coefficient (Wildman–Crippen LogP) is 3.05. The first-order valence-corrected chi connectivity index (χ1v) is 4.80. The van der Waals surface area contributed by atoms with Gasteiger partial charge in [0.2, 0.25) is 0 Å². The third-order valence-corrected chi connectivity index (χ3v) is 2.19. The molecule has 0 aliphatic carbocycles. The maximum absolute atomic E-state index is 12.6. The minimum Gasteiger partial charge on any atom is -0.207 e. The molecule has 0 atom stereocenters. The minimum atomic E-state index is -0.251. The van der Waals surface area contributed by atoms with Crippen LogP contribution >= 0.6 is 15.9 Å². The van der Waals surface area contributed by atoms with Crippen molar-refractivity contribution in [2.75, 3.05) is 0 Å². The molecule has 2 rings (SSSR count). The van der Waals surface area contributed by atoms with E-state index < -0.39 is 0 Å². The molecule has 0 N–H and O–H groups in total. The second-order valence-corrected chi connectivity index (χ2v) is 3.56. The Balaban J connectivity index is 2.40. The molecule has 0 unspecified atom stereocenters. The molecule has 0 aliphatic heterocycles. The summed E-state index contributed by atoms with van der Waals surface area (Å²) in [5.41, 5.74) is 1.58. The van der Waals surface area contributed by atoms with Gasteiger partial charge in [-0.3, -0.25) is 0 Å². The number of halogens is 2. The lowest BCUT2D eigenvalue weighted by atomic mass is 10.1. The summed E-state index contributed by atoms with van der Waals surface area (Å²) in [5, 5.41) is 7.81. The summed E-state index contributed by atoms with van der Waals surface area (Å²) < 4.78 is 13.3. The van der Waals surface area contributed by atoms with Crippen LogP contribution in [0, 0.1) is 5.82 Å². The van der Waals surface area contributed by atoms with Gasteiger partial charge in [-0.05, 0) is 52.3 Å². The molecule has 2 nitrogen and oxygen atoms in total. The molecule has 70 valence electrons. The fourth-order valence-electron chi connectivity index (χ4n) is 1.09. The highest BCUT2D eigenvalue weighted by atomic mass is 79.9. The lowest BCUT2D eigenvalue weighted by molar-refractivity contribution is 0.628. The van der Waals surface area contributed by atoms with E-state index in [1.807, 2.05) is 6.07 Å². The lowest BCUT2D eigenvalue weighted by Gasteiger charge is -1.98. The van der Waals surface area contributed by atoms with Crippen LogP contribution in [0.25, 0.3) is 11.3 Å². The molecule has 4 heteroatoms. The van der Waals surface area contributed by atoms with Gasteiger partial charge >= 0.3 is 0 Å². The highest BCUT2D eigenvalue weighted by molar-refractivity contribution is 9.10. The summed E-state index contributed by atoms with van der Waals surface area (Å²) in [6.45, 7) is 0. The van der Waals surface area contributed by atoms with Crippen LogP contribution < -0.4 is 0 Å². The maximum Gasteiger partial charge on any atom is 0.128 e. The molecule has 0 saturated carbocycles. The van der Waals surface area contributed by atoms with Gasteiger partial charge in [0.15, 0.2) is 0 Å². The van der Waals surface area contributed by atoms with Crippen LogP contribution in [0.5, 0.6) is 0 Å². The van der Waals surface area contributed by atoms with Crippen molar-refractivity contribution in [3.63, 3.8) is 0 Å². The predicted molar refractivity (Wildman–Crippen MR) is 55.1 cm³/mol. The van der Waals surface area contributed by atoms with Crippen molar-refractivity contribution in [3.8, 4) is 11.3 Å². The molecular weight excluding hydrogens is 247 g/mol. The molecule has 1 heterocycles. The van der Waals surface area contributed by atoms with Crippen molar-refractivity contribution in [2.45, 2.75) is 0 Å². The van der Waals surface area contributed by atoms with E-state index in [1.54, 1.807) is 18.2 Å². The fourth-order valence-corrected chi connectivity index (χ4v) is 1.30. The molecule has 0 bridgehead atoms. The molecule has 0 fully saturated rings. The SMILES string of the molecule is Fc1ccc(-c2ccc(Br)nn2)cc1. The average Bonchev–Trinajstić information content (AvgIpc) is 2.21. The fraction of sp³-hybridized carbons (Fsp3) is 0. The van der Waals surface area contributed by atoms with Gasteiger partial charge in [0.1, 0.15) is 10.4 Å². The monoisotopic (exact) mass is 252 g/mol. The maximum atomic E-state index is 12.6. The van der Waals surface area contributed by atoms with E-state index in [-0.39, 0.29) is 5.82 Å². The molecule has 0 amide bonds. The van der Waals surface area contributed by atoms with Crippen LogP contribution in [0.4, 0.5) is 4.39 Å². The quantitative estimate of drug-likeness (QED) is 0.780. The van der Waals surface area contributed by atoms with E-state index in [2.05, 4.69) is 26.1 Å². The Morgan fingerprint density at radius 1 is 0.929 bits per heavy atom. The number of aromatic nitrogens is 2. The average molecular weight is 253 g/mol. The van der Waals surface area contributed by atoms with E-state index in [0.717, 1.165) is 11.3 Å². The van der Waals surface area contributed by atoms with Gasteiger partial charge in [-0.2, -0.15) is 0 Å². The smallest absolute Gasteiger partial charge is 0.128 e. The number of rotatable bonds is 1. The molecule has 0 saturated heterocycles. The Hall–Kier alpha value is -1.29. The molecule has 0 radical (unpaired) electrons. The van der Waals surface area contributed by atoms with Crippen molar-refractivity contribution in [3.05, 3.63) is 46.8 Å². The van der Waals surface area contributed by atoms with Crippen molar-refractivity contribution >= 4 is 15.9 Å². The molecule has 2 aromatic rings. The second-order valence-electron chi connectivity index (χ2n) is 2.75. The Morgan fingerprint density at radius 3 is 2.21 bits per heavy atom. The van der Waals surface area contributed by atoms with Gasteiger partial charge in [-0.15, -0.1) is 10.2 Å². The van der Waals surface area contributed by atoms with E-state index >= 15 is 0 Å². The van der Waals surface area contributed by atoms with Crippen molar-refractivity contribution < 1.29 is 4.39 Å². The van der Waals surface area contributed by atoms with Crippen LogP contribution in [0.15, 0.2) is 41.0 Å². The largest absolute Gasteiger partial charge is 0.207 e. The van der Waals surface area contributed by atoms with E-state index in [1.165, 1.54) is 12.1 Å². The number of benzene rings is 1. The number of nitrogens with zero attached hydrogens (tertiary/aromatic N) is 2. The van der Waals surface area contributed by atoms with Gasteiger partial charge in [-0.1, -0.05) is 0 Å². The Morgan fingerprint density at radius 2 is 1.64 bits per heavy atom. The summed E-state index contributed by atoms with van der Waals surface area (Å²) in [4.78, 5) is 0. The van der Waals surface area contributed by atoms with Gasteiger partial charge < -0.3 is 0 Å². The third kappa shape index (κ3) is 1.96. The van der Waals surface area contributed by atoms with Gasteiger partial charge in [0.05, 0.1) is 5.69 Å². The van der Waals surface area contributed by atoms with E-state index in [0.29, 0.717) is 4.60 Å². The van der Waals surface area contributed by atoms with Crippen molar-refractivity contribution in [1.29, 1.82) is 0 Å². The van der Waals surface area contributed by atoms with E-state index in [4.69, 9.17) is 0 Å². The zero-order valence-electron chi connectivity index (χ0n) is 7.11. The molecule has 0 aliphatic rings. The summed E-state index contributed by atoms with van der Waals surface area (Å²) in [6, 6.07) is 9.77. The normalized spacial score (nSPS) is 10.1. The number of hydrogen-bond acceptors (Lipinski definition) is 2. The van der Waals surface area contributed by atoms with Crippen LogP contribution in [0.1, 0.15) is 0 Å². The first-order chi connectivity index (χ1) is 6.75. The third-order valence-electron chi connectivity index (χ3n) is 1.77. The van der Waals surface area contributed by atoms with Crippen LogP contribution in [-0.2, 0) is 0 Å². The van der Waals surface area contributed by atoms with Crippen molar-refractivity contribution in [2.24, 2.45) is 0 Å². The topological polar surface area (TPSA) is 25.8 Å². The molecule has 0 spiro atoms. The minimum absolute atomic E-state index is 0.251. The standard InChI is InChI=1S/C10H6BrFN2/c11-10-6-5-9(13-14-10)7-1-3-8(12)4-2-7/h1-6H. The van der Waals surface area contributed by atoms with Crippen LogP contribution in [-0.4, -0.2) is 10.2 Å². The highest BCUT2D eigenvalue weighted by Gasteiger charge is 1.99. The first kappa shape index (κ1) is 9.27. The first-order valence-electron chi connectivity index (χ1n) is 4.01.